The zero-order chi connectivity index (χ0) is 13.4. The van der Waals surface area contributed by atoms with Gasteiger partial charge in [-0.25, -0.2) is 0 Å². The molecule has 0 unspecified atom stereocenters. The summed E-state index contributed by atoms with van der Waals surface area (Å²) in [6.07, 6.45) is 0.370. The average Bonchev–Trinajstić information content (AvgIpc) is 3.08. The van der Waals surface area contributed by atoms with Gasteiger partial charge in [0, 0.05) is 16.6 Å². The van der Waals surface area contributed by atoms with Crippen LogP contribution in [0.3, 0.4) is 0 Å². The van der Waals surface area contributed by atoms with E-state index in [1.54, 1.807) is 0 Å². The zero-order valence-corrected chi connectivity index (χ0v) is 11.7. The second-order valence-corrected chi connectivity index (χ2v) is 6.17. The molecule has 3 heterocycles. The van der Waals surface area contributed by atoms with E-state index in [9.17, 15) is 0 Å². The number of benzene rings is 1. The van der Waals surface area contributed by atoms with E-state index in [2.05, 4.69) is 44.0 Å². The highest BCUT2D eigenvalue weighted by Crippen LogP contribution is 2.54. The van der Waals surface area contributed by atoms with Crippen LogP contribution in [0.4, 0.5) is 0 Å². The Bertz CT molecular complexity index is 705. The first-order chi connectivity index (χ1) is 8.95. The third-order valence-electron chi connectivity index (χ3n) is 4.13. The molecule has 0 radical (unpaired) electrons. The summed E-state index contributed by atoms with van der Waals surface area (Å²) in [7, 11) is 0. The molecule has 3 nitrogen and oxygen atoms in total. The topological polar surface area (TPSA) is 34.7 Å². The fourth-order valence-corrected chi connectivity index (χ4v) is 3.14. The molecule has 0 spiro atoms. The minimum absolute atomic E-state index is 0.184. The van der Waals surface area contributed by atoms with Crippen LogP contribution < -0.4 is 4.74 Å². The Kier molecular flexibility index (Phi) is 1.94. The number of nitrogens with zero attached hydrogens (tertiary/aromatic N) is 1. The van der Waals surface area contributed by atoms with E-state index < -0.39 is 0 Å². The van der Waals surface area contributed by atoms with Crippen LogP contribution in [0.5, 0.6) is 5.75 Å². The van der Waals surface area contributed by atoms with Crippen LogP contribution in [-0.2, 0) is 4.74 Å². The summed E-state index contributed by atoms with van der Waals surface area (Å²) in [5.41, 5.74) is 4.24. The van der Waals surface area contributed by atoms with Crippen molar-refractivity contribution in [1.29, 1.82) is 0 Å². The normalized spacial score (nSPS) is 26.5. The van der Waals surface area contributed by atoms with Crippen molar-refractivity contribution in [3.05, 3.63) is 35.0 Å². The van der Waals surface area contributed by atoms with Crippen LogP contribution in [0.15, 0.2) is 18.2 Å². The number of fused-ring (bicyclic) bond motifs is 4. The van der Waals surface area contributed by atoms with Gasteiger partial charge in [-0.3, -0.25) is 4.98 Å². The molecule has 98 valence electrons. The van der Waals surface area contributed by atoms with E-state index in [1.807, 2.05) is 6.92 Å². The first kappa shape index (κ1) is 11.2. The summed E-state index contributed by atoms with van der Waals surface area (Å²) in [5, 5.41) is 1.17. The van der Waals surface area contributed by atoms with Crippen LogP contribution >= 0.6 is 0 Å². The molecule has 2 aliphatic rings. The number of aromatic nitrogens is 1. The van der Waals surface area contributed by atoms with Gasteiger partial charge in [0.05, 0.1) is 5.52 Å². The van der Waals surface area contributed by atoms with Crippen molar-refractivity contribution >= 4 is 10.9 Å². The Labute approximate surface area is 112 Å². The molecule has 0 amide bonds. The summed E-state index contributed by atoms with van der Waals surface area (Å²) < 4.78 is 11.9. The maximum absolute atomic E-state index is 6.11. The van der Waals surface area contributed by atoms with Gasteiger partial charge in [-0.15, -0.1) is 0 Å². The van der Waals surface area contributed by atoms with Crippen LogP contribution in [0.2, 0.25) is 0 Å². The second kappa shape index (κ2) is 3.28. The molecule has 1 fully saturated rings. The van der Waals surface area contributed by atoms with Crippen molar-refractivity contribution in [1.82, 2.24) is 4.98 Å². The molecule has 0 N–H and O–H groups in total. The fraction of sp³-hybridized carbons (Fsp3) is 0.438. The third-order valence-corrected chi connectivity index (χ3v) is 4.13. The SMILES string of the molecule is Cc1cc(C)c2cc3c(cc2n1)[C@@H]1O[C@H]1C(C)(C)O3. The van der Waals surface area contributed by atoms with E-state index in [4.69, 9.17) is 9.47 Å². The minimum atomic E-state index is -0.239. The molecule has 1 saturated heterocycles. The summed E-state index contributed by atoms with van der Waals surface area (Å²) in [4.78, 5) is 4.62. The smallest absolute Gasteiger partial charge is 0.132 e. The molecule has 0 aliphatic carbocycles. The quantitative estimate of drug-likeness (QED) is 0.676. The standard InChI is InChI=1S/C16H17NO2/c1-8-5-9(2)17-12-6-11-13(7-10(8)12)19-16(3,4)15-14(11)18-15/h5-7,14-15H,1-4H3/t14-,15+/m0/s1. The predicted molar refractivity (Wildman–Crippen MR) is 73.5 cm³/mol. The lowest BCUT2D eigenvalue weighted by atomic mass is 9.93. The summed E-state index contributed by atoms with van der Waals surface area (Å²) in [5.74, 6) is 0.949. The van der Waals surface area contributed by atoms with Crippen molar-refractivity contribution in [2.24, 2.45) is 0 Å². The highest BCUT2D eigenvalue weighted by molar-refractivity contribution is 5.85. The summed E-state index contributed by atoms with van der Waals surface area (Å²) >= 11 is 0. The van der Waals surface area contributed by atoms with Crippen molar-refractivity contribution in [2.75, 3.05) is 0 Å². The maximum Gasteiger partial charge on any atom is 0.132 e. The molecule has 0 saturated carbocycles. The van der Waals surface area contributed by atoms with Gasteiger partial charge in [0.1, 0.15) is 23.6 Å². The lowest BCUT2D eigenvalue weighted by Crippen LogP contribution is -2.37. The van der Waals surface area contributed by atoms with Crippen LogP contribution in [-0.4, -0.2) is 16.7 Å². The average molecular weight is 255 g/mol. The Hall–Kier alpha value is -1.61. The first-order valence-corrected chi connectivity index (χ1v) is 6.72. The third kappa shape index (κ3) is 1.51. The van der Waals surface area contributed by atoms with Gasteiger partial charge in [-0.2, -0.15) is 0 Å². The van der Waals surface area contributed by atoms with Gasteiger partial charge < -0.3 is 9.47 Å². The van der Waals surface area contributed by atoms with Gasteiger partial charge in [-0.05, 0) is 51.5 Å². The number of epoxide rings is 1. The van der Waals surface area contributed by atoms with E-state index in [-0.39, 0.29) is 17.8 Å². The van der Waals surface area contributed by atoms with Crippen molar-refractivity contribution in [2.45, 2.75) is 45.5 Å². The Morgan fingerprint density at radius 1 is 1.16 bits per heavy atom. The molecule has 2 aromatic rings. The van der Waals surface area contributed by atoms with Gasteiger partial charge >= 0.3 is 0 Å². The molecule has 2 atom stereocenters. The largest absolute Gasteiger partial charge is 0.485 e. The minimum Gasteiger partial charge on any atom is -0.485 e. The lowest BCUT2D eigenvalue weighted by molar-refractivity contribution is 0.0727. The first-order valence-electron chi connectivity index (χ1n) is 6.72. The fourth-order valence-electron chi connectivity index (χ4n) is 3.14. The molecular formula is C16H17NO2. The lowest BCUT2D eigenvalue weighted by Gasteiger charge is -2.29. The van der Waals surface area contributed by atoms with Crippen LogP contribution in [0.25, 0.3) is 10.9 Å². The summed E-state index contributed by atoms with van der Waals surface area (Å²) in [6.45, 7) is 8.33. The zero-order valence-electron chi connectivity index (χ0n) is 11.7. The monoisotopic (exact) mass is 255 g/mol. The van der Waals surface area contributed by atoms with E-state index in [0.29, 0.717) is 0 Å². The highest BCUT2D eigenvalue weighted by Gasteiger charge is 2.56. The van der Waals surface area contributed by atoms with Gasteiger partial charge in [0.15, 0.2) is 0 Å². The van der Waals surface area contributed by atoms with Gasteiger partial charge in [0.25, 0.3) is 0 Å². The van der Waals surface area contributed by atoms with E-state index in [0.717, 1.165) is 22.5 Å². The van der Waals surface area contributed by atoms with Crippen LogP contribution in [0.1, 0.15) is 36.8 Å². The van der Waals surface area contributed by atoms with Gasteiger partial charge in [-0.1, -0.05) is 0 Å². The van der Waals surface area contributed by atoms with E-state index in [1.165, 1.54) is 10.9 Å². The second-order valence-electron chi connectivity index (χ2n) is 6.17. The van der Waals surface area contributed by atoms with E-state index >= 15 is 0 Å². The number of hydrogen-bond donors (Lipinski definition) is 0. The van der Waals surface area contributed by atoms with Crippen LogP contribution in [0, 0.1) is 13.8 Å². The molecule has 3 heteroatoms. The van der Waals surface area contributed by atoms with Crippen molar-refractivity contribution in [3.8, 4) is 5.75 Å². The maximum atomic E-state index is 6.11. The summed E-state index contributed by atoms with van der Waals surface area (Å²) in [6, 6.07) is 6.36. The number of aryl methyl sites for hydroxylation is 2. The molecule has 4 rings (SSSR count). The highest BCUT2D eigenvalue weighted by atomic mass is 16.6. The van der Waals surface area contributed by atoms with Crippen molar-refractivity contribution < 1.29 is 9.47 Å². The number of rotatable bonds is 0. The number of ether oxygens (including phenoxy) is 2. The number of hydrogen-bond acceptors (Lipinski definition) is 3. The molecule has 2 aliphatic heterocycles. The Balaban J connectivity index is 1.98. The number of pyridine rings is 1. The molecule has 19 heavy (non-hydrogen) atoms. The Morgan fingerprint density at radius 2 is 1.95 bits per heavy atom. The molecule has 1 aromatic carbocycles. The van der Waals surface area contributed by atoms with Gasteiger partial charge in [0.2, 0.25) is 0 Å². The molecular weight excluding hydrogens is 238 g/mol. The van der Waals surface area contributed by atoms with Crippen molar-refractivity contribution in [3.63, 3.8) is 0 Å². The molecule has 0 bridgehead atoms. The Morgan fingerprint density at radius 3 is 2.74 bits per heavy atom. The predicted octanol–water partition coefficient (Wildman–Crippen LogP) is 3.46. The molecule has 1 aromatic heterocycles.